The minimum Gasteiger partial charge on any atom is -0.271 e. The summed E-state index contributed by atoms with van der Waals surface area (Å²) in [5.41, 5.74) is 5.02. The third kappa shape index (κ3) is 2.69. The summed E-state index contributed by atoms with van der Waals surface area (Å²) >= 11 is 7.62. The van der Waals surface area contributed by atoms with Crippen LogP contribution in [0.1, 0.15) is 17.3 Å². The molecule has 2 heterocycles. The van der Waals surface area contributed by atoms with Crippen LogP contribution in [-0.4, -0.2) is 4.98 Å². The Labute approximate surface area is 126 Å². The van der Waals surface area contributed by atoms with Gasteiger partial charge in [0.15, 0.2) is 0 Å². The van der Waals surface area contributed by atoms with Crippen molar-refractivity contribution in [1.82, 2.24) is 10.4 Å². The number of halogens is 1. The van der Waals surface area contributed by atoms with E-state index in [0.717, 1.165) is 12.1 Å². The molecule has 102 valence electrons. The fourth-order valence-corrected chi connectivity index (χ4v) is 3.34. The molecule has 3 rings (SSSR count). The van der Waals surface area contributed by atoms with Gasteiger partial charge >= 0.3 is 0 Å². The first-order valence-electron chi connectivity index (χ1n) is 6.30. The van der Waals surface area contributed by atoms with Gasteiger partial charge in [-0.2, -0.15) is 0 Å². The quantitative estimate of drug-likeness (QED) is 0.571. The molecular formula is C15H14ClN3S. The summed E-state index contributed by atoms with van der Waals surface area (Å²) in [6.07, 6.45) is 2.45. The SMILES string of the molecule is NNC(Cc1csc2ccccc12)c1ccc(Cl)cn1. The highest BCUT2D eigenvalue weighted by Crippen LogP contribution is 2.29. The Bertz CT molecular complexity index is 708. The van der Waals surface area contributed by atoms with Crippen LogP contribution in [0.2, 0.25) is 5.02 Å². The predicted molar refractivity (Wildman–Crippen MR) is 84.8 cm³/mol. The first kappa shape index (κ1) is 13.5. The van der Waals surface area contributed by atoms with Crippen molar-refractivity contribution in [3.8, 4) is 0 Å². The summed E-state index contributed by atoms with van der Waals surface area (Å²) < 4.78 is 1.29. The van der Waals surface area contributed by atoms with Crippen molar-refractivity contribution in [3.63, 3.8) is 0 Å². The van der Waals surface area contributed by atoms with Gasteiger partial charge < -0.3 is 0 Å². The third-order valence-electron chi connectivity index (χ3n) is 3.29. The maximum atomic E-state index is 5.87. The fraction of sp³-hybridized carbons (Fsp3) is 0.133. The molecule has 0 aliphatic rings. The Kier molecular flexibility index (Phi) is 3.98. The molecule has 3 N–H and O–H groups in total. The first-order chi connectivity index (χ1) is 9.78. The van der Waals surface area contributed by atoms with Crippen molar-refractivity contribution in [2.24, 2.45) is 5.84 Å². The zero-order valence-corrected chi connectivity index (χ0v) is 12.3. The molecule has 3 aromatic rings. The van der Waals surface area contributed by atoms with E-state index in [-0.39, 0.29) is 6.04 Å². The molecular weight excluding hydrogens is 290 g/mol. The van der Waals surface area contributed by atoms with Gasteiger partial charge in [-0.3, -0.25) is 16.3 Å². The number of hydrazine groups is 1. The van der Waals surface area contributed by atoms with E-state index in [1.54, 1.807) is 17.5 Å². The summed E-state index contributed by atoms with van der Waals surface area (Å²) in [6.45, 7) is 0. The van der Waals surface area contributed by atoms with Gasteiger partial charge in [0.05, 0.1) is 16.8 Å². The van der Waals surface area contributed by atoms with Gasteiger partial charge in [-0.1, -0.05) is 29.8 Å². The summed E-state index contributed by atoms with van der Waals surface area (Å²) in [4.78, 5) is 4.34. The molecule has 1 atom stereocenters. The third-order valence-corrected chi connectivity index (χ3v) is 4.53. The van der Waals surface area contributed by atoms with E-state index in [1.807, 2.05) is 12.1 Å². The molecule has 2 aromatic heterocycles. The average Bonchev–Trinajstić information content (AvgIpc) is 2.89. The Morgan fingerprint density at radius 3 is 2.85 bits per heavy atom. The van der Waals surface area contributed by atoms with Crippen LogP contribution in [0.25, 0.3) is 10.1 Å². The molecule has 0 spiro atoms. The van der Waals surface area contributed by atoms with E-state index in [9.17, 15) is 0 Å². The standard InChI is InChI=1S/C15H14ClN3S/c16-11-5-6-13(18-8-11)14(19-17)7-10-9-20-15-4-2-1-3-12(10)15/h1-6,8-9,14,19H,7,17H2. The van der Waals surface area contributed by atoms with Crippen LogP contribution in [0.5, 0.6) is 0 Å². The highest BCUT2D eigenvalue weighted by Gasteiger charge is 2.14. The average molecular weight is 304 g/mol. The van der Waals surface area contributed by atoms with Gasteiger partial charge in [0.2, 0.25) is 0 Å². The van der Waals surface area contributed by atoms with E-state index in [0.29, 0.717) is 5.02 Å². The highest BCUT2D eigenvalue weighted by molar-refractivity contribution is 7.17. The van der Waals surface area contributed by atoms with Gasteiger partial charge in [0.25, 0.3) is 0 Å². The lowest BCUT2D eigenvalue weighted by Crippen LogP contribution is -2.30. The Morgan fingerprint density at radius 1 is 1.25 bits per heavy atom. The van der Waals surface area contributed by atoms with Crippen molar-refractivity contribution in [2.75, 3.05) is 0 Å². The van der Waals surface area contributed by atoms with Crippen LogP contribution < -0.4 is 11.3 Å². The second-order valence-corrected chi connectivity index (χ2v) is 5.93. The van der Waals surface area contributed by atoms with Gasteiger partial charge in [-0.05, 0) is 40.9 Å². The lowest BCUT2D eigenvalue weighted by atomic mass is 10.0. The highest BCUT2D eigenvalue weighted by atomic mass is 35.5. The summed E-state index contributed by atoms with van der Waals surface area (Å²) in [7, 11) is 0. The van der Waals surface area contributed by atoms with Crippen LogP contribution in [0.3, 0.4) is 0 Å². The molecule has 20 heavy (non-hydrogen) atoms. The Hall–Kier alpha value is -1.46. The Morgan fingerprint density at radius 2 is 2.10 bits per heavy atom. The van der Waals surface area contributed by atoms with Crippen molar-refractivity contribution in [2.45, 2.75) is 12.5 Å². The van der Waals surface area contributed by atoms with E-state index in [4.69, 9.17) is 17.4 Å². The van der Waals surface area contributed by atoms with Crippen LogP contribution in [0.4, 0.5) is 0 Å². The van der Waals surface area contributed by atoms with Gasteiger partial charge in [0, 0.05) is 10.9 Å². The zero-order valence-electron chi connectivity index (χ0n) is 10.7. The number of nitrogens with zero attached hydrogens (tertiary/aromatic N) is 1. The number of hydrogen-bond donors (Lipinski definition) is 2. The molecule has 0 saturated heterocycles. The topological polar surface area (TPSA) is 50.9 Å². The predicted octanol–water partition coefficient (Wildman–Crippen LogP) is 3.70. The minimum atomic E-state index is -0.0229. The molecule has 3 nitrogen and oxygen atoms in total. The molecule has 5 heteroatoms. The van der Waals surface area contributed by atoms with Crippen molar-refractivity contribution < 1.29 is 0 Å². The van der Waals surface area contributed by atoms with Gasteiger partial charge in [-0.25, -0.2) is 0 Å². The van der Waals surface area contributed by atoms with E-state index >= 15 is 0 Å². The van der Waals surface area contributed by atoms with E-state index in [2.05, 4.69) is 40.1 Å². The molecule has 0 aliphatic carbocycles. The second-order valence-electron chi connectivity index (χ2n) is 4.58. The van der Waals surface area contributed by atoms with Crippen LogP contribution in [0, 0.1) is 0 Å². The largest absolute Gasteiger partial charge is 0.271 e. The molecule has 0 radical (unpaired) electrons. The smallest absolute Gasteiger partial charge is 0.0672 e. The monoisotopic (exact) mass is 303 g/mol. The lowest BCUT2D eigenvalue weighted by Gasteiger charge is -2.15. The van der Waals surface area contributed by atoms with Gasteiger partial charge in [0.1, 0.15) is 0 Å². The minimum absolute atomic E-state index is 0.0229. The normalized spacial score (nSPS) is 12.7. The number of nitrogens with one attached hydrogen (secondary N) is 1. The van der Waals surface area contributed by atoms with Crippen LogP contribution >= 0.6 is 22.9 Å². The summed E-state index contributed by atoms with van der Waals surface area (Å²) in [6, 6.07) is 12.1. The summed E-state index contributed by atoms with van der Waals surface area (Å²) in [5, 5.41) is 4.10. The maximum Gasteiger partial charge on any atom is 0.0672 e. The number of fused-ring (bicyclic) bond motifs is 1. The van der Waals surface area contributed by atoms with E-state index in [1.165, 1.54) is 15.6 Å². The maximum absolute atomic E-state index is 5.87. The fourth-order valence-electron chi connectivity index (χ4n) is 2.25. The molecule has 0 amide bonds. The Balaban J connectivity index is 1.89. The van der Waals surface area contributed by atoms with E-state index < -0.39 is 0 Å². The number of thiophene rings is 1. The molecule has 1 aromatic carbocycles. The number of aromatic nitrogens is 1. The van der Waals surface area contributed by atoms with Gasteiger partial charge in [-0.15, -0.1) is 11.3 Å². The van der Waals surface area contributed by atoms with Crippen LogP contribution in [0.15, 0.2) is 48.0 Å². The molecule has 0 saturated carbocycles. The number of rotatable bonds is 4. The number of nitrogens with two attached hydrogens (primary N) is 1. The lowest BCUT2D eigenvalue weighted by molar-refractivity contribution is 0.540. The molecule has 0 bridgehead atoms. The molecule has 0 fully saturated rings. The van der Waals surface area contributed by atoms with Crippen molar-refractivity contribution in [1.29, 1.82) is 0 Å². The first-order valence-corrected chi connectivity index (χ1v) is 7.56. The number of benzene rings is 1. The zero-order chi connectivity index (χ0) is 13.9. The molecule has 1 unspecified atom stereocenters. The van der Waals surface area contributed by atoms with Crippen LogP contribution in [-0.2, 0) is 6.42 Å². The number of hydrogen-bond acceptors (Lipinski definition) is 4. The summed E-state index contributed by atoms with van der Waals surface area (Å²) in [5.74, 6) is 5.68. The number of pyridine rings is 1. The van der Waals surface area contributed by atoms with Crippen molar-refractivity contribution >= 4 is 33.0 Å². The molecule has 0 aliphatic heterocycles. The van der Waals surface area contributed by atoms with Crippen molar-refractivity contribution in [3.05, 3.63) is 64.3 Å². The second kappa shape index (κ2) is 5.89.